The fourth-order valence-corrected chi connectivity index (χ4v) is 2.92. The van der Waals surface area contributed by atoms with Gasteiger partial charge in [0.1, 0.15) is 5.00 Å². The van der Waals surface area contributed by atoms with E-state index >= 15 is 0 Å². The van der Waals surface area contributed by atoms with Crippen LogP contribution in [0.15, 0.2) is 11.1 Å². The minimum atomic E-state index is 0.364. The summed E-state index contributed by atoms with van der Waals surface area (Å²) >= 11 is 7.47. The molecule has 1 aliphatic rings. The Morgan fingerprint density at radius 1 is 1.71 bits per heavy atom. The van der Waals surface area contributed by atoms with Gasteiger partial charge >= 0.3 is 0 Å². The summed E-state index contributed by atoms with van der Waals surface area (Å²) < 4.78 is 5.28. The highest BCUT2D eigenvalue weighted by molar-refractivity contribution is 7.16. The smallest absolute Gasteiger partial charge is 0.241 e. The molecule has 1 aromatic rings. The molecule has 14 heavy (non-hydrogen) atoms. The fourth-order valence-electron chi connectivity index (χ4n) is 1.49. The van der Waals surface area contributed by atoms with Crippen molar-refractivity contribution in [3.05, 3.63) is 16.0 Å². The third-order valence-electron chi connectivity index (χ3n) is 2.16. The Morgan fingerprint density at radius 3 is 3.21 bits per heavy atom. The van der Waals surface area contributed by atoms with E-state index in [1.54, 1.807) is 6.07 Å². The van der Waals surface area contributed by atoms with Crippen LogP contribution in [-0.2, 0) is 9.53 Å². The normalized spacial score (nSPS) is 20.8. The summed E-state index contributed by atoms with van der Waals surface area (Å²) in [5.74, 6) is 0.364. The lowest BCUT2D eigenvalue weighted by Crippen LogP contribution is -1.94. The Kier molecular flexibility index (Phi) is 2.99. The minimum absolute atomic E-state index is 0.364. The van der Waals surface area contributed by atoms with Gasteiger partial charge in [-0.1, -0.05) is 11.6 Å². The van der Waals surface area contributed by atoms with Gasteiger partial charge < -0.3 is 4.74 Å². The summed E-state index contributed by atoms with van der Waals surface area (Å²) in [5, 5.41) is 1.30. The van der Waals surface area contributed by atoms with Crippen LogP contribution >= 0.6 is 22.9 Å². The molecule has 0 radical (unpaired) electrons. The van der Waals surface area contributed by atoms with Crippen LogP contribution in [0.3, 0.4) is 0 Å². The maximum Gasteiger partial charge on any atom is 0.241 e. The molecule has 0 aromatic carbocycles. The fraction of sp³-hybridized carbons (Fsp3) is 0.444. The highest BCUT2D eigenvalue weighted by atomic mass is 35.5. The molecule has 0 amide bonds. The van der Waals surface area contributed by atoms with Gasteiger partial charge in [0.05, 0.1) is 11.6 Å². The third kappa shape index (κ3) is 1.88. The quantitative estimate of drug-likeness (QED) is 0.578. The van der Waals surface area contributed by atoms with Gasteiger partial charge in [0.15, 0.2) is 0 Å². The summed E-state index contributed by atoms with van der Waals surface area (Å²) in [6.45, 7) is 1.50. The Labute approximate surface area is 90.4 Å². The monoisotopic (exact) mass is 229 g/mol. The van der Waals surface area contributed by atoms with Crippen LogP contribution in [0.1, 0.15) is 17.2 Å². The number of halogens is 1. The molecular weight excluding hydrogens is 222 g/mol. The molecule has 5 heteroatoms. The first-order valence-corrected chi connectivity index (χ1v) is 5.45. The summed E-state index contributed by atoms with van der Waals surface area (Å²) in [4.78, 5) is 14.7. The van der Waals surface area contributed by atoms with Crippen molar-refractivity contribution in [2.24, 2.45) is 4.99 Å². The molecule has 1 saturated heterocycles. The molecule has 3 nitrogen and oxygen atoms in total. The molecule has 0 N–H and O–H groups in total. The Morgan fingerprint density at radius 2 is 2.57 bits per heavy atom. The van der Waals surface area contributed by atoms with Crippen LogP contribution in [-0.4, -0.2) is 19.3 Å². The van der Waals surface area contributed by atoms with Crippen LogP contribution in [0.2, 0.25) is 5.02 Å². The van der Waals surface area contributed by atoms with Gasteiger partial charge in [-0.3, -0.25) is 0 Å². The summed E-state index contributed by atoms with van der Waals surface area (Å²) in [6, 6.07) is 1.70. The van der Waals surface area contributed by atoms with Crippen LogP contribution in [0.5, 0.6) is 0 Å². The predicted molar refractivity (Wildman–Crippen MR) is 55.3 cm³/mol. The van der Waals surface area contributed by atoms with Crippen molar-refractivity contribution >= 4 is 34.0 Å². The molecule has 0 spiro atoms. The van der Waals surface area contributed by atoms with E-state index < -0.39 is 0 Å². The van der Waals surface area contributed by atoms with Crippen molar-refractivity contribution in [3.8, 4) is 0 Å². The van der Waals surface area contributed by atoms with Crippen LogP contribution in [0.25, 0.3) is 0 Å². The molecule has 2 rings (SSSR count). The van der Waals surface area contributed by atoms with E-state index in [1.165, 1.54) is 17.4 Å². The van der Waals surface area contributed by atoms with Gasteiger partial charge in [-0.2, -0.15) is 4.99 Å². The van der Waals surface area contributed by atoms with Crippen molar-refractivity contribution < 1.29 is 9.53 Å². The van der Waals surface area contributed by atoms with Crippen molar-refractivity contribution in [3.63, 3.8) is 0 Å². The molecule has 1 atom stereocenters. The first-order chi connectivity index (χ1) is 6.81. The van der Waals surface area contributed by atoms with Crippen molar-refractivity contribution in [1.29, 1.82) is 0 Å². The molecule has 0 bridgehead atoms. The summed E-state index contributed by atoms with van der Waals surface area (Å²) in [6.07, 6.45) is 2.50. The largest absolute Gasteiger partial charge is 0.381 e. The lowest BCUT2D eigenvalue weighted by Gasteiger charge is -2.03. The van der Waals surface area contributed by atoms with E-state index in [0.29, 0.717) is 22.5 Å². The minimum Gasteiger partial charge on any atom is -0.381 e. The van der Waals surface area contributed by atoms with Crippen molar-refractivity contribution in [2.45, 2.75) is 12.3 Å². The van der Waals surface area contributed by atoms with E-state index in [9.17, 15) is 4.79 Å². The van der Waals surface area contributed by atoms with Crippen molar-refractivity contribution in [1.82, 2.24) is 0 Å². The molecule has 0 aliphatic carbocycles. The van der Waals surface area contributed by atoms with Gasteiger partial charge in [-0.25, -0.2) is 4.79 Å². The summed E-state index contributed by atoms with van der Waals surface area (Å²) in [7, 11) is 0. The second-order valence-corrected chi connectivity index (χ2v) is 4.53. The number of hydrogen-bond acceptors (Lipinski definition) is 4. The van der Waals surface area contributed by atoms with E-state index in [-0.39, 0.29) is 0 Å². The first-order valence-electron chi connectivity index (χ1n) is 4.26. The lowest BCUT2D eigenvalue weighted by atomic mass is 10.1. The molecular formula is C9H8ClNO2S. The SMILES string of the molecule is O=C=Nc1cc(Cl)c(C2CCOC2)s1. The van der Waals surface area contributed by atoms with E-state index in [0.717, 1.165) is 17.9 Å². The average molecular weight is 230 g/mol. The number of thiophene rings is 1. The third-order valence-corrected chi connectivity index (χ3v) is 3.77. The van der Waals surface area contributed by atoms with E-state index in [2.05, 4.69) is 4.99 Å². The maximum atomic E-state index is 10.1. The van der Waals surface area contributed by atoms with E-state index in [1.807, 2.05) is 0 Å². The van der Waals surface area contributed by atoms with E-state index in [4.69, 9.17) is 16.3 Å². The van der Waals surface area contributed by atoms with Gasteiger partial charge in [-0.15, -0.1) is 11.3 Å². The molecule has 1 aliphatic heterocycles. The Balaban J connectivity index is 2.28. The second-order valence-electron chi connectivity index (χ2n) is 3.06. The molecule has 2 heterocycles. The van der Waals surface area contributed by atoms with Crippen LogP contribution in [0, 0.1) is 0 Å². The number of aliphatic imine (C=N–C) groups is 1. The molecule has 1 aromatic heterocycles. The zero-order valence-corrected chi connectivity index (χ0v) is 8.90. The molecule has 1 unspecified atom stereocenters. The van der Waals surface area contributed by atoms with Crippen molar-refractivity contribution in [2.75, 3.05) is 13.2 Å². The number of rotatable bonds is 2. The average Bonchev–Trinajstić information content (AvgIpc) is 2.74. The van der Waals surface area contributed by atoms with Crippen LogP contribution < -0.4 is 0 Å². The van der Waals surface area contributed by atoms with Crippen LogP contribution in [0.4, 0.5) is 5.00 Å². The maximum absolute atomic E-state index is 10.1. The summed E-state index contributed by atoms with van der Waals surface area (Å²) in [5.41, 5.74) is 0. The number of nitrogens with zero attached hydrogens (tertiary/aromatic N) is 1. The second kappa shape index (κ2) is 4.24. The molecule has 74 valence electrons. The first kappa shape index (κ1) is 9.87. The Bertz CT molecular complexity index is 378. The number of hydrogen-bond donors (Lipinski definition) is 0. The highest BCUT2D eigenvalue weighted by Gasteiger charge is 2.22. The Hall–Kier alpha value is -0.670. The number of ether oxygens (including phenoxy) is 1. The highest BCUT2D eigenvalue weighted by Crippen LogP contribution is 2.40. The predicted octanol–water partition coefficient (Wildman–Crippen LogP) is 2.87. The standard InChI is InChI=1S/C9H8ClNO2S/c10-7-3-8(11-5-12)14-9(7)6-1-2-13-4-6/h3,6H,1-2,4H2. The van der Waals surface area contributed by atoms with Gasteiger partial charge in [-0.05, 0) is 12.5 Å². The zero-order chi connectivity index (χ0) is 9.97. The lowest BCUT2D eigenvalue weighted by molar-refractivity contribution is 0.194. The number of isocyanates is 1. The molecule has 1 fully saturated rings. The number of carbonyl (C=O) groups excluding carboxylic acids is 1. The van der Waals surface area contributed by atoms with Gasteiger partial charge in [0.2, 0.25) is 6.08 Å². The topological polar surface area (TPSA) is 38.7 Å². The zero-order valence-electron chi connectivity index (χ0n) is 7.33. The van der Waals surface area contributed by atoms with Gasteiger partial charge in [0.25, 0.3) is 0 Å². The van der Waals surface area contributed by atoms with Gasteiger partial charge in [0, 0.05) is 17.4 Å². The molecule has 0 saturated carbocycles.